The normalized spacial score (nSPS) is 15.1. The van der Waals surface area contributed by atoms with Gasteiger partial charge in [-0.3, -0.25) is 0 Å². The van der Waals surface area contributed by atoms with E-state index in [1.165, 1.54) is 106 Å². The zero-order valence-electron chi connectivity index (χ0n) is 33.6. The molecule has 0 saturated carbocycles. The van der Waals surface area contributed by atoms with E-state index in [2.05, 4.69) is 159 Å². The molecule has 0 fully saturated rings. The van der Waals surface area contributed by atoms with Crippen LogP contribution < -0.4 is 9.80 Å². The maximum Gasteiger partial charge on any atom is 0.125 e. The molecule has 0 saturated heterocycles. The zero-order chi connectivity index (χ0) is 36.2. The minimum Gasteiger partial charge on any atom is -0.328 e. The SMILES string of the molecule is CCCCP(CCCC)C(CCC=C1N(C(C)C)C(C)=C(C)N1C(C)C)=C1N(c2c(C)cc(C)cc2C)C=CN1c1c(C)cc(C)cc1C. The van der Waals surface area contributed by atoms with Crippen LogP contribution >= 0.6 is 7.92 Å². The van der Waals surface area contributed by atoms with E-state index in [1.807, 2.05) is 0 Å². The molecular weight excluding hydrogens is 615 g/mol. The van der Waals surface area contributed by atoms with Gasteiger partial charge in [0.15, 0.2) is 0 Å². The average molecular weight is 683 g/mol. The minimum atomic E-state index is -0.331. The fourth-order valence-electron chi connectivity index (χ4n) is 8.27. The fourth-order valence-corrected chi connectivity index (χ4v) is 11.4. The Labute approximate surface area is 302 Å². The molecule has 2 aromatic carbocycles. The Morgan fingerprint density at radius 1 is 0.633 bits per heavy atom. The van der Waals surface area contributed by atoms with Gasteiger partial charge in [0.2, 0.25) is 0 Å². The summed E-state index contributed by atoms with van der Waals surface area (Å²) in [5.41, 5.74) is 13.5. The monoisotopic (exact) mass is 683 g/mol. The number of anilines is 2. The molecule has 0 atom stereocenters. The highest BCUT2D eigenvalue weighted by molar-refractivity contribution is 7.62. The molecule has 4 rings (SSSR count). The van der Waals surface area contributed by atoms with Gasteiger partial charge in [-0.15, -0.1) is 0 Å². The van der Waals surface area contributed by atoms with Gasteiger partial charge in [-0.05, 0) is 155 Å². The van der Waals surface area contributed by atoms with E-state index in [0.29, 0.717) is 12.1 Å². The summed E-state index contributed by atoms with van der Waals surface area (Å²) in [6.45, 7) is 32.3. The number of aryl methyl sites for hydroxylation is 6. The Kier molecular flexibility index (Phi) is 13.3. The first kappa shape index (κ1) is 38.8. The molecule has 2 aliphatic rings. The number of unbranched alkanes of at least 4 members (excludes halogenated alkanes) is 2. The second kappa shape index (κ2) is 16.8. The highest BCUT2D eigenvalue weighted by Crippen LogP contribution is 2.54. The highest BCUT2D eigenvalue weighted by Gasteiger charge is 2.34. The van der Waals surface area contributed by atoms with Crippen LogP contribution in [0.2, 0.25) is 0 Å². The maximum atomic E-state index is 2.57. The van der Waals surface area contributed by atoms with Crippen molar-refractivity contribution in [3.05, 3.63) is 104 Å². The Morgan fingerprint density at radius 3 is 1.37 bits per heavy atom. The summed E-state index contributed by atoms with van der Waals surface area (Å²) in [7, 11) is -0.331. The smallest absolute Gasteiger partial charge is 0.125 e. The van der Waals surface area contributed by atoms with E-state index in [1.54, 1.807) is 5.31 Å². The van der Waals surface area contributed by atoms with E-state index < -0.39 is 0 Å². The van der Waals surface area contributed by atoms with Crippen molar-refractivity contribution in [2.45, 2.75) is 148 Å². The van der Waals surface area contributed by atoms with Crippen LogP contribution in [0.5, 0.6) is 0 Å². The Morgan fingerprint density at radius 2 is 1.02 bits per heavy atom. The van der Waals surface area contributed by atoms with Crippen molar-refractivity contribution in [2.24, 2.45) is 0 Å². The number of rotatable bonds is 14. The van der Waals surface area contributed by atoms with Gasteiger partial charge in [-0.2, -0.15) is 0 Å². The molecule has 0 spiro atoms. The van der Waals surface area contributed by atoms with Crippen LogP contribution in [0.4, 0.5) is 11.4 Å². The van der Waals surface area contributed by atoms with Crippen LogP contribution in [-0.4, -0.2) is 34.2 Å². The van der Waals surface area contributed by atoms with Crippen LogP contribution in [0, 0.1) is 41.5 Å². The lowest BCUT2D eigenvalue weighted by Gasteiger charge is -2.35. The number of hydrogen-bond acceptors (Lipinski definition) is 4. The molecule has 0 unspecified atom stereocenters. The second-order valence-corrected chi connectivity index (χ2v) is 17.7. The third-order valence-electron chi connectivity index (χ3n) is 10.3. The predicted molar refractivity (Wildman–Crippen MR) is 219 cm³/mol. The molecule has 0 N–H and O–H groups in total. The van der Waals surface area contributed by atoms with Gasteiger partial charge in [0, 0.05) is 35.9 Å². The summed E-state index contributed by atoms with van der Waals surface area (Å²) in [6, 6.07) is 10.3. The van der Waals surface area contributed by atoms with Gasteiger partial charge < -0.3 is 19.6 Å². The summed E-state index contributed by atoms with van der Waals surface area (Å²) >= 11 is 0. The third-order valence-corrected chi connectivity index (χ3v) is 13.2. The van der Waals surface area contributed by atoms with Gasteiger partial charge >= 0.3 is 0 Å². The molecule has 4 nitrogen and oxygen atoms in total. The van der Waals surface area contributed by atoms with Gasteiger partial charge in [0.05, 0.1) is 11.4 Å². The minimum absolute atomic E-state index is 0.331. The molecule has 2 aliphatic heterocycles. The van der Waals surface area contributed by atoms with Crippen LogP contribution in [0.3, 0.4) is 0 Å². The molecule has 0 aromatic heterocycles. The largest absolute Gasteiger partial charge is 0.328 e. The van der Waals surface area contributed by atoms with Crippen molar-refractivity contribution in [3.8, 4) is 0 Å². The van der Waals surface area contributed by atoms with Crippen molar-refractivity contribution in [1.82, 2.24) is 9.80 Å². The number of allylic oxidation sites excluding steroid dienone is 4. The second-order valence-electron chi connectivity index (χ2n) is 15.2. The topological polar surface area (TPSA) is 13.0 Å². The standard InChI is InChI=1S/C44H67N4P/c1-15-17-24-49(25-18-16-2)40(20-19-21-41-47(30(3)4)38(13)39(14)48(41)31(5)6)44-45(42-34(9)26-32(7)27-35(42)10)22-23-46(44)43-36(11)28-33(8)29-37(43)12/h21-23,26-31H,15-20,24-25H2,1-14H3. The molecule has 5 heteroatoms. The average Bonchev–Trinajstić information content (AvgIpc) is 3.52. The van der Waals surface area contributed by atoms with Gasteiger partial charge in [0.1, 0.15) is 11.6 Å². The number of hydrogen-bond donors (Lipinski definition) is 0. The van der Waals surface area contributed by atoms with E-state index in [4.69, 9.17) is 0 Å². The summed E-state index contributed by atoms with van der Waals surface area (Å²) in [5.74, 6) is 2.75. The number of nitrogens with zero attached hydrogens (tertiary/aromatic N) is 4. The van der Waals surface area contributed by atoms with Crippen molar-refractivity contribution in [3.63, 3.8) is 0 Å². The van der Waals surface area contributed by atoms with E-state index in [9.17, 15) is 0 Å². The molecule has 0 bridgehead atoms. The van der Waals surface area contributed by atoms with Crippen molar-refractivity contribution < 1.29 is 0 Å². The first-order chi connectivity index (χ1) is 23.2. The molecule has 2 heterocycles. The van der Waals surface area contributed by atoms with E-state index in [-0.39, 0.29) is 7.92 Å². The first-order valence-electron chi connectivity index (χ1n) is 19.1. The first-order valence-corrected chi connectivity index (χ1v) is 20.8. The van der Waals surface area contributed by atoms with Gasteiger partial charge in [-0.1, -0.05) is 70.0 Å². The Balaban J connectivity index is 1.97. The van der Waals surface area contributed by atoms with Crippen LogP contribution in [0.15, 0.2) is 71.1 Å². The van der Waals surface area contributed by atoms with Crippen molar-refractivity contribution >= 4 is 19.3 Å². The van der Waals surface area contributed by atoms with Gasteiger partial charge in [0.25, 0.3) is 0 Å². The quantitative estimate of drug-likeness (QED) is 0.184. The lowest BCUT2D eigenvalue weighted by Crippen LogP contribution is -2.33. The summed E-state index contributed by atoms with van der Waals surface area (Å²) in [4.78, 5) is 10.3. The molecule has 0 amide bonds. The Bertz CT molecular complexity index is 1460. The summed E-state index contributed by atoms with van der Waals surface area (Å²) in [6.07, 6.45) is 17.0. The summed E-state index contributed by atoms with van der Waals surface area (Å²) in [5, 5.41) is 1.67. The van der Waals surface area contributed by atoms with Crippen LogP contribution in [-0.2, 0) is 0 Å². The molecule has 0 radical (unpaired) electrons. The van der Waals surface area contributed by atoms with E-state index >= 15 is 0 Å². The molecule has 2 aromatic rings. The predicted octanol–water partition coefficient (Wildman–Crippen LogP) is 12.9. The van der Waals surface area contributed by atoms with Gasteiger partial charge in [-0.25, -0.2) is 0 Å². The highest BCUT2D eigenvalue weighted by atomic mass is 31.1. The number of benzene rings is 2. The van der Waals surface area contributed by atoms with Crippen LogP contribution in [0.1, 0.15) is 127 Å². The Hall–Kier alpha value is -2.97. The summed E-state index contributed by atoms with van der Waals surface area (Å²) < 4.78 is 0. The van der Waals surface area contributed by atoms with Crippen LogP contribution in [0.25, 0.3) is 0 Å². The van der Waals surface area contributed by atoms with Crippen molar-refractivity contribution in [1.29, 1.82) is 0 Å². The molecule has 268 valence electrons. The molecule has 0 aliphatic carbocycles. The zero-order valence-corrected chi connectivity index (χ0v) is 34.5. The third kappa shape index (κ3) is 8.33. The molecular formula is C44H67N4P. The van der Waals surface area contributed by atoms with E-state index in [0.717, 1.165) is 12.8 Å². The molecule has 49 heavy (non-hydrogen) atoms. The van der Waals surface area contributed by atoms with Crippen molar-refractivity contribution in [2.75, 3.05) is 22.1 Å². The lowest BCUT2D eigenvalue weighted by molar-refractivity contribution is 0.266. The lowest BCUT2D eigenvalue weighted by atomic mass is 10.0. The fraction of sp³-hybridized carbons (Fsp3) is 0.545. The maximum absolute atomic E-state index is 2.57.